The molecule has 0 spiro atoms. The number of rotatable bonds is 66. The molecule has 0 heterocycles. The number of hydrogen-bond acceptors (Lipinski definition) is 6. The number of carbonyl (C=O) groups is 3. The third kappa shape index (κ3) is 69.3. The van der Waals surface area contributed by atoms with Gasteiger partial charge in [-0.3, -0.25) is 14.4 Å². The summed E-state index contributed by atoms with van der Waals surface area (Å²) in [6, 6.07) is 0. The fourth-order valence-electron chi connectivity index (χ4n) is 10.5. The van der Waals surface area contributed by atoms with Gasteiger partial charge in [0.1, 0.15) is 13.2 Å². The van der Waals surface area contributed by atoms with Crippen molar-refractivity contribution in [3.63, 3.8) is 0 Å². The first kappa shape index (κ1) is 79.6. The molecule has 0 aromatic rings. The molecule has 1 unspecified atom stereocenters. The number of carbonyl (C=O) groups excluding carboxylic acids is 3. The van der Waals surface area contributed by atoms with E-state index in [4.69, 9.17) is 14.2 Å². The van der Waals surface area contributed by atoms with Gasteiger partial charge in [0.15, 0.2) is 6.10 Å². The van der Waals surface area contributed by atoms with E-state index in [2.05, 4.69) is 106 Å². The van der Waals surface area contributed by atoms with E-state index in [0.717, 1.165) is 96.3 Å². The van der Waals surface area contributed by atoms with Gasteiger partial charge in [-0.15, -0.1) is 0 Å². The van der Waals surface area contributed by atoms with Crippen LogP contribution in [-0.4, -0.2) is 37.2 Å². The Bertz CT molecular complexity index is 1570. The highest BCUT2D eigenvalue weighted by Gasteiger charge is 2.19. The van der Waals surface area contributed by atoms with E-state index in [9.17, 15) is 14.4 Å². The second-order valence-corrected chi connectivity index (χ2v) is 24.1. The zero-order valence-corrected chi connectivity index (χ0v) is 55.2. The Hall–Kier alpha value is -3.41. The monoisotopic (exact) mass is 1160 g/mol. The molecule has 0 aromatic carbocycles. The SMILES string of the molecule is CC/C=C\C/C=C\C/C=C\C/C=C\C/C=C\C/C=C\CCCCCCCCCCCCCCC(=O)OCC(COC(=O)CCCCCCCCCCCCCCC)OC(=O)CCCCCCCCCCC/C=C\CCCCCCCCCC. The molecule has 0 amide bonds. The molecule has 0 rings (SSSR count). The largest absolute Gasteiger partial charge is 0.462 e. The lowest BCUT2D eigenvalue weighted by molar-refractivity contribution is -0.167. The van der Waals surface area contributed by atoms with Crippen LogP contribution in [0.3, 0.4) is 0 Å². The Balaban J connectivity index is 4.24. The lowest BCUT2D eigenvalue weighted by atomic mass is 10.0. The number of allylic oxidation sites excluding steroid dienone is 14. The second kappa shape index (κ2) is 71.1. The summed E-state index contributed by atoms with van der Waals surface area (Å²) in [6.45, 7) is 6.57. The highest BCUT2D eigenvalue weighted by Crippen LogP contribution is 2.18. The van der Waals surface area contributed by atoms with Crippen LogP contribution in [0.15, 0.2) is 85.1 Å². The van der Waals surface area contributed by atoms with Gasteiger partial charge in [0.25, 0.3) is 0 Å². The molecule has 0 saturated carbocycles. The average Bonchev–Trinajstić information content (AvgIpc) is 3.49. The fraction of sp³-hybridized carbons (Fsp3) is 0.779. The van der Waals surface area contributed by atoms with E-state index in [1.54, 1.807) is 0 Å². The van der Waals surface area contributed by atoms with Crippen LogP contribution < -0.4 is 0 Å². The normalized spacial score (nSPS) is 12.6. The molecule has 480 valence electrons. The van der Waals surface area contributed by atoms with Crippen molar-refractivity contribution in [3.8, 4) is 0 Å². The fourth-order valence-corrected chi connectivity index (χ4v) is 10.5. The summed E-state index contributed by atoms with van der Waals surface area (Å²) in [4.78, 5) is 38.4. The molecule has 0 aliphatic rings. The Kier molecular flexibility index (Phi) is 68.2. The number of esters is 3. The highest BCUT2D eigenvalue weighted by molar-refractivity contribution is 5.71. The first-order valence-electron chi connectivity index (χ1n) is 36.1. The van der Waals surface area contributed by atoms with Gasteiger partial charge in [-0.1, -0.05) is 337 Å². The quantitative estimate of drug-likeness (QED) is 0.0261. The van der Waals surface area contributed by atoms with Crippen molar-refractivity contribution in [2.45, 2.75) is 374 Å². The smallest absolute Gasteiger partial charge is 0.306 e. The van der Waals surface area contributed by atoms with Gasteiger partial charge < -0.3 is 14.2 Å². The van der Waals surface area contributed by atoms with Crippen LogP contribution in [0.4, 0.5) is 0 Å². The first-order valence-corrected chi connectivity index (χ1v) is 36.1. The minimum absolute atomic E-state index is 0.0725. The molecule has 0 aliphatic heterocycles. The third-order valence-corrected chi connectivity index (χ3v) is 15.9. The van der Waals surface area contributed by atoms with Crippen molar-refractivity contribution < 1.29 is 28.6 Å². The van der Waals surface area contributed by atoms with E-state index in [1.807, 2.05) is 0 Å². The molecule has 0 bridgehead atoms. The standard InChI is InChI=1S/C77H136O6/c1-4-7-10-13-16-19-22-25-27-29-31-33-34-35-36-37-38-39-40-41-42-44-45-47-49-52-55-58-61-64-67-70-76(79)82-73-74(72-81-75(78)69-66-63-60-57-54-51-24-21-18-15-12-9-6-3)83-77(80)71-68-65-62-59-56-53-50-48-46-43-32-30-28-26-23-20-17-14-11-8-5-2/h7,10,16,19,25,27,30-33,35-36,38-39,74H,4-6,8-9,11-15,17-18,20-24,26,28-29,34,37,40-73H2,1-3H3/b10-7-,19-16-,27-25-,32-30-,33-31-,36-35-,39-38-. The number of ether oxygens (including phenoxy) is 3. The summed E-state index contributed by atoms with van der Waals surface area (Å²) >= 11 is 0. The Morgan fingerprint density at radius 1 is 0.253 bits per heavy atom. The van der Waals surface area contributed by atoms with Gasteiger partial charge in [-0.25, -0.2) is 0 Å². The molecule has 1 atom stereocenters. The summed E-state index contributed by atoms with van der Waals surface area (Å²) in [5, 5.41) is 0. The molecule has 0 N–H and O–H groups in total. The summed E-state index contributed by atoms with van der Waals surface area (Å²) < 4.78 is 17.0. The van der Waals surface area contributed by atoms with Gasteiger partial charge in [0.2, 0.25) is 0 Å². The zero-order valence-electron chi connectivity index (χ0n) is 55.2. The average molecular weight is 1160 g/mol. The molecule has 0 radical (unpaired) electrons. The van der Waals surface area contributed by atoms with Crippen LogP contribution in [0, 0.1) is 0 Å². The van der Waals surface area contributed by atoms with Crippen molar-refractivity contribution in [2.75, 3.05) is 13.2 Å². The third-order valence-electron chi connectivity index (χ3n) is 15.9. The molecule has 0 aromatic heterocycles. The van der Waals surface area contributed by atoms with E-state index in [-0.39, 0.29) is 31.1 Å². The maximum absolute atomic E-state index is 13.0. The van der Waals surface area contributed by atoms with E-state index >= 15 is 0 Å². The van der Waals surface area contributed by atoms with Crippen molar-refractivity contribution in [2.24, 2.45) is 0 Å². The predicted octanol–water partition coefficient (Wildman–Crippen LogP) is 25.0. The van der Waals surface area contributed by atoms with Crippen LogP contribution in [0.1, 0.15) is 367 Å². The molecule has 0 aliphatic carbocycles. The van der Waals surface area contributed by atoms with Crippen molar-refractivity contribution in [1.29, 1.82) is 0 Å². The van der Waals surface area contributed by atoms with E-state index < -0.39 is 6.10 Å². The van der Waals surface area contributed by atoms with Crippen LogP contribution in [0.5, 0.6) is 0 Å². The van der Waals surface area contributed by atoms with Crippen molar-refractivity contribution in [1.82, 2.24) is 0 Å². The molecular formula is C77H136O6. The van der Waals surface area contributed by atoms with Crippen LogP contribution in [-0.2, 0) is 28.6 Å². The molecule has 0 saturated heterocycles. The lowest BCUT2D eigenvalue weighted by Crippen LogP contribution is -2.30. The summed E-state index contributed by atoms with van der Waals surface area (Å²) in [5.74, 6) is -0.856. The Labute approximate surface area is 515 Å². The summed E-state index contributed by atoms with van der Waals surface area (Å²) in [5.41, 5.74) is 0. The number of hydrogen-bond donors (Lipinski definition) is 0. The van der Waals surface area contributed by atoms with Gasteiger partial charge in [0.05, 0.1) is 0 Å². The molecule has 0 fully saturated rings. The molecule has 6 nitrogen and oxygen atoms in total. The summed E-state index contributed by atoms with van der Waals surface area (Å²) in [7, 11) is 0. The van der Waals surface area contributed by atoms with E-state index in [1.165, 1.54) is 231 Å². The maximum Gasteiger partial charge on any atom is 0.306 e. The Morgan fingerprint density at radius 2 is 0.470 bits per heavy atom. The molecular weight excluding hydrogens is 1020 g/mol. The van der Waals surface area contributed by atoms with Crippen LogP contribution in [0.2, 0.25) is 0 Å². The lowest BCUT2D eigenvalue weighted by Gasteiger charge is -2.18. The molecule has 6 heteroatoms. The zero-order chi connectivity index (χ0) is 59.9. The minimum atomic E-state index is -0.777. The summed E-state index contributed by atoms with van der Waals surface area (Å²) in [6.07, 6.45) is 94.7. The van der Waals surface area contributed by atoms with Gasteiger partial charge in [0, 0.05) is 19.3 Å². The minimum Gasteiger partial charge on any atom is -0.462 e. The van der Waals surface area contributed by atoms with Crippen molar-refractivity contribution >= 4 is 17.9 Å². The number of unbranched alkanes of at least 4 members (excludes halogenated alkanes) is 41. The van der Waals surface area contributed by atoms with Gasteiger partial charge >= 0.3 is 17.9 Å². The first-order chi connectivity index (χ1) is 41.0. The second-order valence-electron chi connectivity index (χ2n) is 24.1. The van der Waals surface area contributed by atoms with Crippen LogP contribution in [0.25, 0.3) is 0 Å². The van der Waals surface area contributed by atoms with Gasteiger partial charge in [-0.05, 0) is 96.3 Å². The molecule has 83 heavy (non-hydrogen) atoms. The van der Waals surface area contributed by atoms with E-state index in [0.29, 0.717) is 19.3 Å². The Morgan fingerprint density at radius 3 is 0.747 bits per heavy atom. The predicted molar refractivity (Wildman–Crippen MR) is 362 cm³/mol. The van der Waals surface area contributed by atoms with Crippen molar-refractivity contribution in [3.05, 3.63) is 85.1 Å². The maximum atomic E-state index is 13.0. The topological polar surface area (TPSA) is 78.9 Å². The van der Waals surface area contributed by atoms with Crippen LogP contribution >= 0.6 is 0 Å². The van der Waals surface area contributed by atoms with Gasteiger partial charge in [-0.2, -0.15) is 0 Å². The highest BCUT2D eigenvalue weighted by atomic mass is 16.6.